The maximum absolute atomic E-state index is 11.6. The molecule has 5 nitrogen and oxygen atoms in total. The fourth-order valence-corrected chi connectivity index (χ4v) is 3.04. The van der Waals surface area contributed by atoms with Gasteiger partial charge < -0.3 is 4.42 Å². The normalized spacial score (nSPS) is 23.6. The molecule has 1 amide bonds. The van der Waals surface area contributed by atoms with Crippen molar-refractivity contribution in [2.75, 3.05) is 7.05 Å². The van der Waals surface area contributed by atoms with Crippen molar-refractivity contribution in [3.05, 3.63) is 23.7 Å². The first-order valence-corrected chi connectivity index (χ1v) is 6.91. The molecule has 1 heterocycles. The predicted molar refractivity (Wildman–Crippen MR) is 73.2 cm³/mol. The maximum Gasteiger partial charge on any atom is 0.268 e. The molecule has 1 saturated carbocycles. The van der Waals surface area contributed by atoms with Crippen molar-refractivity contribution in [1.82, 2.24) is 10.3 Å². The number of nitrogen functional groups attached to an aromatic ring is 1. The molecule has 19 heavy (non-hydrogen) atoms. The van der Waals surface area contributed by atoms with Crippen molar-refractivity contribution in [3.8, 4) is 0 Å². The first kappa shape index (κ1) is 14.1. The Morgan fingerprint density at radius 2 is 2.26 bits per heavy atom. The third-order valence-electron chi connectivity index (χ3n) is 4.15. The Labute approximate surface area is 114 Å². The van der Waals surface area contributed by atoms with Crippen molar-refractivity contribution < 1.29 is 9.21 Å². The van der Waals surface area contributed by atoms with E-state index in [1.807, 2.05) is 0 Å². The summed E-state index contributed by atoms with van der Waals surface area (Å²) < 4.78 is 5.43. The van der Waals surface area contributed by atoms with Crippen molar-refractivity contribution in [2.24, 2.45) is 11.8 Å². The number of rotatable bonds is 4. The number of nitrogens with two attached hydrogens (primary N) is 1. The van der Waals surface area contributed by atoms with Gasteiger partial charge in [-0.1, -0.05) is 19.8 Å². The summed E-state index contributed by atoms with van der Waals surface area (Å²) in [6, 6.07) is 2.22. The third-order valence-corrected chi connectivity index (χ3v) is 4.15. The van der Waals surface area contributed by atoms with Gasteiger partial charge >= 0.3 is 0 Å². The number of hydrogen-bond acceptors (Lipinski definition) is 4. The van der Waals surface area contributed by atoms with Gasteiger partial charge in [0.2, 0.25) is 0 Å². The molecular formula is C14H23N3O2. The zero-order chi connectivity index (χ0) is 13.8. The predicted octanol–water partition coefficient (Wildman–Crippen LogP) is 1.89. The standard InChI is InChI=1S/C14H23N3O2/c1-10-5-3-4-6-12(10)17(2)9-13-11(7-8-19-13)14(18)16-15/h7-8,10,12H,3-6,9,15H2,1-2H3,(H,16,18). The molecule has 5 heteroatoms. The summed E-state index contributed by atoms with van der Waals surface area (Å²) in [7, 11) is 2.10. The van der Waals surface area contributed by atoms with Crippen LogP contribution < -0.4 is 11.3 Å². The van der Waals surface area contributed by atoms with E-state index >= 15 is 0 Å². The van der Waals surface area contributed by atoms with Gasteiger partial charge in [-0.2, -0.15) is 0 Å². The second-order valence-electron chi connectivity index (χ2n) is 5.48. The van der Waals surface area contributed by atoms with Crippen LogP contribution in [0.4, 0.5) is 0 Å². The quantitative estimate of drug-likeness (QED) is 0.495. The molecule has 1 fully saturated rings. The van der Waals surface area contributed by atoms with Crippen LogP contribution in [0.25, 0.3) is 0 Å². The molecule has 0 spiro atoms. The Kier molecular flexibility index (Phi) is 4.61. The Hall–Kier alpha value is -1.33. The SMILES string of the molecule is CC1CCCCC1N(C)Cc1occc1C(=O)NN. The number of carbonyl (C=O) groups excluding carboxylic acids is 1. The Morgan fingerprint density at radius 3 is 2.95 bits per heavy atom. The molecule has 106 valence electrons. The van der Waals surface area contributed by atoms with Gasteiger partial charge in [0.05, 0.1) is 18.4 Å². The van der Waals surface area contributed by atoms with Gasteiger partial charge in [-0.25, -0.2) is 5.84 Å². The minimum atomic E-state index is -0.297. The van der Waals surface area contributed by atoms with E-state index in [0.29, 0.717) is 29.8 Å². The Bertz CT molecular complexity index is 430. The Balaban J connectivity index is 2.04. The van der Waals surface area contributed by atoms with Gasteiger partial charge in [0.25, 0.3) is 5.91 Å². The lowest BCUT2D eigenvalue weighted by atomic mass is 9.85. The summed E-state index contributed by atoms with van der Waals surface area (Å²) in [5.74, 6) is 6.25. The van der Waals surface area contributed by atoms with E-state index in [1.165, 1.54) is 31.9 Å². The van der Waals surface area contributed by atoms with Gasteiger partial charge in [0, 0.05) is 6.04 Å². The smallest absolute Gasteiger partial charge is 0.268 e. The van der Waals surface area contributed by atoms with Crippen molar-refractivity contribution in [1.29, 1.82) is 0 Å². The number of furan rings is 1. The molecule has 3 N–H and O–H groups in total. The summed E-state index contributed by atoms with van der Waals surface area (Å²) in [5.41, 5.74) is 2.68. The second kappa shape index (κ2) is 6.21. The molecule has 2 unspecified atom stereocenters. The summed E-state index contributed by atoms with van der Waals surface area (Å²) in [6.07, 6.45) is 6.65. The van der Waals surface area contributed by atoms with Gasteiger partial charge in [-0.05, 0) is 31.9 Å². The molecule has 2 rings (SSSR count). The molecule has 1 aliphatic carbocycles. The van der Waals surface area contributed by atoms with Crippen LogP contribution >= 0.6 is 0 Å². The topological polar surface area (TPSA) is 71.5 Å². The van der Waals surface area contributed by atoms with Crippen LogP contribution in [0, 0.1) is 5.92 Å². The van der Waals surface area contributed by atoms with E-state index in [2.05, 4.69) is 24.3 Å². The minimum absolute atomic E-state index is 0.297. The molecule has 0 aliphatic heterocycles. The summed E-state index contributed by atoms with van der Waals surface area (Å²) in [4.78, 5) is 13.9. The first-order chi connectivity index (χ1) is 9.13. The zero-order valence-corrected chi connectivity index (χ0v) is 11.7. The fraction of sp³-hybridized carbons (Fsp3) is 0.643. The molecule has 0 radical (unpaired) electrons. The average molecular weight is 265 g/mol. The van der Waals surface area contributed by atoms with Crippen molar-refractivity contribution in [2.45, 2.75) is 45.2 Å². The molecule has 0 aromatic carbocycles. The maximum atomic E-state index is 11.6. The first-order valence-electron chi connectivity index (χ1n) is 6.91. The van der Waals surface area contributed by atoms with E-state index in [1.54, 1.807) is 6.07 Å². The lowest BCUT2D eigenvalue weighted by Gasteiger charge is -2.35. The largest absolute Gasteiger partial charge is 0.467 e. The number of nitrogens with zero attached hydrogens (tertiary/aromatic N) is 1. The van der Waals surface area contributed by atoms with Crippen LogP contribution in [0.15, 0.2) is 16.7 Å². The third kappa shape index (κ3) is 3.16. The van der Waals surface area contributed by atoms with Gasteiger partial charge in [-0.15, -0.1) is 0 Å². The molecule has 1 aromatic rings. The number of hydrazine groups is 1. The molecule has 0 saturated heterocycles. The van der Waals surface area contributed by atoms with Crippen LogP contribution in [-0.4, -0.2) is 23.9 Å². The highest BCUT2D eigenvalue weighted by molar-refractivity contribution is 5.94. The van der Waals surface area contributed by atoms with E-state index in [0.717, 1.165) is 0 Å². The highest BCUT2D eigenvalue weighted by Crippen LogP contribution is 2.28. The van der Waals surface area contributed by atoms with Gasteiger partial charge in [0.15, 0.2) is 0 Å². The van der Waals surface area contributed by atoms with Crippen LogP contribution in [0.2, 0.25) is 0 Å². The fourth-order valence-electron chi connectivity index (χ4n) is 3.04. The van der Waals surface area contributed by atoms with Gasteiger partial charge in [0.1, 0.15) is 5.76 Å². The van der Waals surface area contributed by atoms with Crippen LogP contribution in [0.1, 0.15) is 48.7 Å². The average Bonchev–Trinajstić information content (AvgIpc) is 2.86. The van der Waals surface area contributed by atoms with Crippen LogP contribution in [0.5, 0.6) is 0 Å². The van der Waals surface area contributed by atoms with Crippen LogP contribution in [-0.2, 0) is 6.54 Å². The molecule has 2 atom stereocenters. The van der Waals surface area contributed by atoms with E-state index in [4.69, 9.17) is 10.3 Å². The number of amides is 1. The number of nitrogens with one attached hydrogen (secondary N) is 1. The van der Waals surface area contributed by atoms with Crippen LogP contribution in [0.3, 0.4) is 0 Å². The van der Waals surface area contributed by atoms with Crippen molar-refractivity contribution >= 4 is 5.91 Å². The van der Waals surface area contributed by atoms with E-state index in [9.17, 15) is 4.79 Å². The monoisotopic (exact) mass is 265 g/mol. The zero-order valence-electron chi connectivity index (χ0n) is 11.7. The number of carbonyl (C=O) groups is 1. The summed E-state index contributed by atoms with van der Waals surface area (Å²) in [6.45, 7) is 2.95. The van der Waals surface area contributed by atoms with Gasteiger partial charge in [-0.3, -0.25) is 15.1 Å². The molecule has 1 aliphatic rings. The Morgan fingerprint density at radius 1 is 1.53 bits per heavy atom. The van der Waals surface area contributed by atoms with E-state index in [-0.39, 0.29) is 5.91 Å². The second-order valence-corrected chi connectivity index (χ2v) is 5.48. The molecule has 0 bridgehead atoms. The highest BCUT2D eigenvalue weighted by atomic mass is 16.3. The minimum Gasteiger partial charge on any atom is -0.467 e. The summed E-state index contributed by atoms with van der Waals surface area (Å²) in [5, 5.41) is 0. The van der Waals surface area contributed by atoms with Crippen molar-refractivity contribution in [3.63, 3.8) is 0 Å². The highest BCUT2D eigenvalue weighted by Gasteiger charge is 2.26. The van der Waals surface area contributed by atoms with E-state index < -0.39 is 0 Å². The molecule has 1 aromatic heterocycles. The number of hydrogen-bond donors (Lipinski definition) is 2. The molecular weight excluding hydrogens is 242 g/mol. The lowest BCUT2D eigenvalue weighted by Crippen LogP contribution is -2.39. The summed E-state index contributed by atoms with van der Waals surface area (Å²) >= 11 is 0. The lowest BCUT2D eigenvalue weighted by molar-refractivity contribution is 0.0944.